The van der Waals surface area contributed by atoms with Crippen molar-refractivity contribution in [1.29, 1.82) is 0 Å². The first kappa shape index (κ1) is 18.9. The topological polar surface area (TPSA) is 100 Å². The summed E-state index contributed by atoms with van der Waals surface area (Å²) in [6.07, 6.45) is 4.55. The Morgan fingerprint density at radius 3 is 2.72 bits per heavy atom. The molecule has 1 aliphatic heterocycles. The minimum atomic E-state index is -0.347. The second-order valence-corrected chi connectivity index (χ2v) is 7.33. The van der Waals surface area contributed by atoms with E-state index in [1.165, 1.54) is 22.9 Å². The molecule has 0 aliphatic carbocycles. The molecule has 0 saturated carbocycles. The van der Waals surface area contributed by atoms with E-state index in [1.54, 1.807) is 11.0 Å². The van der Waals surface area contributed by atoms with E-state index in [-0.39, 0.29) is 23.9 Å². The average molecular weight is 393 g/mol. The number of fused-ring (bicyclic) bond motifs is 1. The Kier molecular flexibility index (Phi) is 5.16. The number of nitrogens with one attached hydrogen (secondary N) is 2. The van der Waals surface area contributed by atoms with Gasteiger partial charge in [0.15, 0.2) is 0 Å². The molecule has 4 rings (SSSR count). The zero-order chi connectivity index (χ0) is 20.4. The van der Waals surface area contributed by atoms with Crippen molar-refractivity contribution >= 4 is 28.5 Å². The van der Waals surface area contributed by atoms with Crippen LogP contribution in [-0.4, -0.2) is 44.3 Å². The number of nitrogens with zero attached hydrogens (tertiary/aromatic N) is 3. The molecular weight excluding hydrogens is 370 g/mol. The van der Waals surface area contributed by atoms with Crippen molar-refractivity contribution in [1.82, 2.24) is 19.4 Å². The van der Waals surface area contributed by atoms with Gasteiger partial charge in [-0.1, -0.05) is 0 Å². The molecule has 0 spiro atoms. The molecule has 2 N–H and O–H groups in total. The first-order valence-corrected chi connectivity index (χ1v) is 9.75. The fourth-order valence-electron chi connectivity index (χ4n) is 3.60. The molecule has 1 aliphatic rings. The van der Waals surface area contributed by atoms with Gasteiger partial charge >= 0.3 is 0 Å². The lowest BCUT2D eigenvalue weighted by Gasteiger charge is -2.27. The third kappa shape index (κ3) is 4.21. The maximum absolute atomic E-state index is 12.7. The van der Waals surface area contributed by atoms with Gasteiger partial charge in [0.05, 0.1) is 16.6 Å². The van der Waals surface area contributed by atoms with E-state index in [2.05, 4.69) is 15.3 Å². The van der Waals surface area contributed by atoms with E-state index in [0.29, 0.717) is 11.3 Å². The first-order valence-electron chi connectivity index (χ1n) is 9.75. The number of pyridine rings is 1. The Morgan fingerprint density at radius 2 is 1.93 bits per heavy atom. The third-order valence-electron chi connectivity index (χ3n) is 5.12. The van der Waals surface area contributed by atoms with Crippen molar-refractivity contribution in [3.63, 3.8) is 0 Å². The maximum Gasteiger partial charge on any atom is 0.257 e. The number of carbonyl (C=O) groups is 2. The van der Waals surface area contributed by atoms with Crippen LogP contribution in [0.1, 0.15) is 35.4 Å². The van der Waals surface area contributed by atoms with Crippen molar-refractivity contribution in [2.24, 2.45) is 0 Å². The highest BCUT2D eigenvalue weighted by Gasteiger charge is 2.18. The van der Waals surface area contributed by atoms with Crippen molar-refractivity contribution in [3.05, 3.63) is 58.3 Å². The van der Waals surface area contributed by atoms with E-state index < -0.39 is 0 Å². The highest BCUT2D eigenvalue weighted by Crippen LogP contribution is 2.18. The van der Waals surface area contributed by atoms with Gasteiger partial charge in [0.1, 0.15) is 12.4 Å². The molecule has 2 aromatic heterocycles. The van der Waals surface area contributed by atoms with Gasteiger partial charge in [-0.05, 0) is 50.5 Å². The molecule has 3 aromatic rings. The van der Waals surface area contributed by atoms with E-state index in [4.69, 9.17) is 0 Å². The Bertz CT molecular complexity index is 1120. The van der Waals surface area contributed by atoms with Gasteiger partial charge in [0.25, 0.3) is 11.5 Å². The second kappa shape index (κ2) is 7.90. The molecule has 1 aromatic carbocycles. The largest absolute Gasteiger partial charge is 0.342 e. The van der Waals surface area contributed by atoms with Gasteiger partial charge in [-0.2, -0.15) is 0 Å². The summed E-state index contributed by atoms with van der Waals surface area (Å²) in [4.78, 5) is 46.6. The number of H-pyrrole nitrogens is 1. The van der Waals surface area contributed by atoms with Gasteiger partial charge in [0, 0.05) is 31.0 Å². The molecular formula is C21H23N5O3. The Balaban J connectivity index is 1.50. The molecule has 3 heterocycles. The quantitative estimate of drug-likeness (QED) is 0.710. The SMILES string of the molecule is Cc1nc2ccc(NC(=O)c3ccc(=O)n(CC(=O)N4CCCCC4)c3)cc2[nH]1. The number of rotatable bonds is 4. The van der Waals surface area contributed by atoms with Crippen molar-refractivity contribution in [2.75, 3.05) is 18.4 Å². The summed E-state index contributed by atoms with van der Waals surface area (Å²) in [7, 11) is 0. The number of benzene rings is 1. The normalized spacial score (nSPS) is 14.2. The van der Waals surface area contributed by atoms with Gasteiger partial charge in [-0.25, -0.2) is 4.98 Å². The zero-order valence-electron chi connectivity index (χ0n) is 16.3. The van der Waals surface area contributed by atoms with Crippen LogP contribution in [0.2, 0.25) is 0 Å². The van der Waals surface area contributed by atoms with Crippen LogP contribution in [0.15, 0.2) is 41.3 Å². The number of aromatic nitrogens is 3. The molecule has 0 unspecified atom stereocenters. The minimum absolute atomic E-state index is 0.0562. The van der Waals surface area contributed by atoms with Crippen LogP contribution in [0.5, 0.6) is 0 Å². The minimum Gasteiger partial charge on any atom is -0.342 e. The van der Waals surface area contributed by atoms with Crippen LogP contribution in [0, 0.1) is 6.92 Å². The Labute approximate surface area is 167 Å². The number of piperidine rings is 1. The summed E-state index contributed by atoms with van der Waals surface area (Å²) in [5.41, 5.74) is 2.29. The van der Waals surface area contributed by atoms with Gasteiger partial charge in [0.2, 0.25) is 5.91 Å². The number of anilines is 1. The molecule has 1 fully saturated rings. The summed E-state index contributed by atoms with van der Waals surface area (Å²) >= 11 is 0. The number of imidazole rings is 1. The fourth-order valence-corrected chi connectivity index (χ4v) is 3.60. The van der Waals surface area contributed by atoms with E-state index >= 15 is 0 Å². The van der Waals surface area contributed by atoms with E-state index in [1.807, 2.05) is 19.1 Å². The lowest BCUT2D eigenvalue weighted by Crippen LogP contribution is -2.39. The fraction of sp³-hybridized carbons (Fsp3) is 0.333. The van der Waals surface area contributed by atoms with Crippen molar-refractivity contribution in [3.8, 4) is 0 Å². The Morgan fingerprint density at radius 1 is 1.14 bits per heavy atom. The maximum atomic E-state index is 12.7. The second-order valence-electron chi connectivity index (χ2n) is 7.33. The number of carbonyl (C=O) groups excluding carboxylic acids is 2. The predicted molar refractivity (Wildman–Crippen MR) is 110 cm³/mol. The lowest BCUT2D eigenvalue weighted by molar-refractivity contribution is -0.132. The number of hydrogen-bond acceptors (Lipinski definition) is 4. The van der Waals surface area contributed by atoms with Crippen molar-refractivity contribution < 1.29 is 9.59 Å². The average Bonchev–Trinajstić information content (AvgIpc) is 3.09. The molecule has 29 heavy (non-hydrogen) atoms. The number of likely N-dealkylation sites (tertiary alicyclic amines) is 1. The molecule has 2 amide bonds. The standard InChI is InChI=1S/C21H23N5O3/c1-14-22-17-7-6-16(11-18(17)23-14)24-21(29)15-5-8-19(27)26(12-15)13-20(28)25-9-3-2-4-10-25/h5-8,11-12H,2-4,9-10,13H2,1H3,(H,22,23)(H,24,29). The lowest BCUT2D eigenvalue weighted by atomic mass is 10.1. The molecule has 0 radical (unpaired) electrons. The van der Waals surface area contributed by atoms with Crippen LogP contribution in [0.4, 0.5) is 5.69 Å². The van der Waals surface area contributed by atoms with Crippen LogP contribution in [-0.2, 0) is 11.3 Å². The Hall–Kier alpha value is -3.42. The predicted octanol–water partition coefficient (Wildman–Crippen LogP) is 2.30. The van der Waals surface area contributed by atoms with E-state index in [0.717, 1.165) is 49.2 Å². The molecule has 0 bridgehead atoms. The number of aryl methyl sites for hydroxylation is 1. The smallest absolute Gasteiger partial charge is 0.257 e. The van der Waals surface area contributed by atoms with Gasteiger partial charge in [-0.15, -0.1) is 0 Å². The first-order chi connectivity index (χ1) is 14.0. The van der Waals surface area contributed by atoms with E-state index in [9.17, 15) is 14.4 Å². The molecule has 0 atom stereocenters. The summed E-state index contributed by atoms with van der Waals surface area (Å²) < 4.78 is 1.30. The molecule has 150 valence electrons. The van der Waals surface area contributed by atoms with Crippen molar-refractivity contribution in [2.45, 2.75) is 32.7 Å². The van der Waals surface area contributed by atoms with Crippen LogP contribution >= 0.6 is 0 Å². The zero-order valence-corrected chi connectivity index (χ0v) is 16.3. The number of hydrogen-bond donors (Lipinski definition) is 2. The summed E-state index contributed by atoms with van der Waals surface area (Å²) in [6.45, 7) is 3.26. The number of aromatic amines is 1. The van der Waals surface area contributed by atoms with Gasteiger partial charge < -0.3 is 19.8 Å². The van der Waals surface area contributed by atoms with Crippen LogP contribution < -0.4 is 10.9 Å². The summed E-state index contributed by atoms with van der Waals surface area (Å²) in [6, 6.07) is 8.20. The monoisotopic (exact) mass is 393 g/mol. The molecule has 8 nitrogen and oxygen atoms in total. The molecule has 1 saturated heterocycles. The highest BCUT2D eigenvalue weighted by molar-refractivity contribution is 6.04. The van der Waals surface area contributed by atoms with Gasteiger partial charge in [-0.3, -0.25) is 14.4 Å². The highest BCUT2D eigenvalue weighted by atomic mass is 16.2. The van der Waals surface area contributed by atoms with Crippen LogP contribution in [0.3, 0.4) is 0 Å². The molecule has 8 heteroatoms. The van der Waals surface area contributed by atoms with Crippen LogP contribution in [0.25, 0.3) is 11.0 Å². The third-order valence-corrected chi connectivity index (χ3v) is 5.12. The number of amides is 2. The summed E-state index contributed by atoms with van der Waals surface area (Å²) in [5.74, 6) is 0.359. The summed E-state index contributed by atoms with van der Waals surface area (Å²) in [5, 5.41) is 2.83.